The number of aliphatic hydroxyl groups is 2. The molecule has 3 heterocycles. The van der Waals surface area contributed by atoms with Crippen LogP contribution in [0.5, 0.6) is 0 Å². The Labute approximate surface area is 277 Å². The highest BCUT2D eigenvalue weighted by Gasteiger charge is 2.47. The van der Waals surface area contributed by atoms with Crippen molar-refractivity contribution in [2.24, 2.45) is 11.8 Å². The summed E-state index contributed by atoms with van der Waals surface area (Å²) in [5, 5.41) is 25.8. The lowest BCUT2D eigenvalue weighted by Crippen LogP contribution is -2.43. The maximum Gasteiger partial charge on any atom is 0.489 e. The van der Waals surface area contributed by atoms with Gasteiger partial charge < -0.3 is 33.8 Å². The molecule has 0 spiro atoms. The van der Waals surface area contributed by atoms with E-state index in [4.69, 9.17) is 32.3 Å². The molecule has 270 valence electrons. The predicted molar refractivity (Wildman–Crippen MR) is 162 cm³/mol. The minimum atomic E-state index is -5.44. The van der Waals surface area contributed by atoms with Gasteiger partial charge in [0.25, 0.3) is 5.56 Å². The van der Waals surface area contributed by atoms with E-state index >= 15 is 0 Å². The fourth-order valence-corrected chi connectivity index (χ4v) is 6.55. The maximum absolute atomic E-state index is 13.3. The van der Waals surface area contributed by atoms with Crippen molar-refractivity contribution < 1.29 is 70.4 Å². The zero-order chi connectivity index (χ0) is 36.1. The first-order valence-electron chi connectivity index (χ1n) is 14.6. The Kier molecular flexibility index (Phi) is 12.5. The van der Waals surface area contributed by atoms with Crippen LogP contribution in [-0.2, 0) is 57.4 Å². The molecule has 20 nitrogen and oxygen atoms in total. The second-order valence-corrected chi connectivity index (χ2v) is 14.4. The van der Waals surface area contributed by atoms with E-state index in [1.165, 1.54) is 27.7 Å². The molecule has 0 bridgehead atoms. The molecule has 22 heteroatoms. The molecule has 1 saturated heterocycles. The molecular weight excluding hydrogens is 700 g/mol. The average Bonchev–Trinajstić information content (AvgIpc) is 3.57. The van der Waals surface area contributed by atoms with Gasteiger partial charge in [-0.05, 0) is 12.1 Å². The Hall–Kier alpha value is -3.55. The number of aromatic nitrogens is 3. The molecule has 49 heavy (non-hydrogen) atoms. The van der Waals surface area contributed by atoms with E-state index < -0.39 is 95.4 Å². The number of benzene rings is 1. The topological polar surface area (TPSA) is 264 Å². The smallest absolute Gasteiger partial charge is 0.438 e. The van der Waals surface area contributed by atoms with Crippen LogP contribution >= 0.6 is 15.6 Å². The molecule has 2 unspecified atom stereocenters. The van der Waals surface area contributed by atoms with Crippen LogP contribution in [0.15, 0.2) is 50.6 Å². The molecule has 2 aromatic heterocycles. The number of fused-ring (bicyclic) bond motifs is 1. The molecule has 0 aliphatic carbocycles. The number of phosphoric ester groups is 2. The zero-order valence-electron chi connectivity index (χ0n) is 26.5. The standard InChI is InChI=1S/C27H35N3O17P2/c1-15(2)25(34)40-13-43-49(39,44-14-41-26(35)16(3)4)47-48(37,38)42-12-20-22(32)23(33)24(45-20)29-10-9-21(31)30(27(29)36)11-18-17-7-5-6-8-19(17)46-28-18/h5-10,15-16,20,22-24,32-33H,11-14H2,1-4H3,(H,37,38)/t20-,22+,23?,24-/m1/s1. The third-order valence-electron chi connectivity index (χ3n) is 6.84. The highest BCUT2D eigenvalue weighted by Crippen LogP contribution is 2.63. The van der Waals surface area contributed by atoms with Gasteiger partial charge in [0.05, 0.1) is 25.0 Å². The van der Waals surface area contributed by atoms with Crippen LogP contribution in [0.25, 0.3) is 11.0 Å². The largest absolute Gasteiger partial charge is 0.489 e. The number of nitrogens with zero attached hydrogens (tertiary/aromatic N) is 3. The molecule has 1 aliphatic heterocycles. The summed E-state index contributed by atoms with van der Waals surface area (Å²) in [5.41, 5.74) is -0.982. The average molecular weight is 736 g/mol. The number of hydrogen-bond donors (Lipinski definition) is 3. The van der Waals surface area contributed by atoms with E-state index in [0.717, 1.165) is 21.4 Å². The van der Waals surface area contributed by atoms with Gasteiger partial charge in [-0.15, -0.1) is 0 Å². The lowest BCUT2D eigenvalue weighted by molar-refractivity contribution is -0.157. The molecule has 4 rings (SSSR count). The van der Waals surface area contributed by atoms with Crippen LogP contribution in [0, 0.1) is 11.8 Å². The van der Waals surface area contributed by atoms with Crippen LogP contribution in [0.1, 0.15) is 39.6 Å². The Morgan fingerprint density at radius 1 is 0.939 bits per heavy atom. The molecule has 0 amide bonds. The number of rotatable bonds is 16. The van der Waals surface area contributed by atoms with Gasteiger partial charge in [-0.2, -0.15) is 4.31 Å². The molecular formula is C27H35N3O17P2. The first-order valence-corrected chi connectivity index (χ1v) is 17.6. The van der Waals surface area contributed by atoms with E-state index in [1.807, 2.05) is 0 Å². The van der Waals surface area contributed by atoms with Crippen molar-refractivity contribution >= 4 is 38.6 Å². The van der Waals surface area contributed by atoms with Gasteiger partial charge in [-0.25, -0.2) is 23.0 Å². The molecule has 5 atom stereocenters. The van der Waals surface area contributed by atoms with E-state index in [1.54, 1.807) is 24.3 Å². The minimum absolute atomic E-state index is 0.270. The van der Waals surface area contributed by atoms with Crippen LogP contribution in [0.3, 0.4) is 0 Å². The van der Waals surface area contributed by atoms with Crippen molar-refractivity contribution in [3.8, 4) is 0 Å². The monoisotopic (exact) mass is 735 g/mol. The second kappa shape index (κ2) is 16.0. The fraction of sp³-hybridized carbons (Fsp3) is 0.519. The van der Waals surface area contributed by atoms with Gasteiger partial charge in [0.1, 0.15) is 24.0 Å². The lowest BCUT2D eigenvalue weighted by Gasteiger charge is -2.22. The quantitative estimate of drug-likeness (QED) is 0.107. The van der Waals surface area contributed by atoms with Crippen molar-refractivity contribution in [3.63, 3.8) is 0 Å². The summed E-state index contributed by atoms with van der Waals surface area (Å²) >= 11 is 0. The van der Waals surface area contributed by atoms with Gasteiger partial charge in [-0.3, -0.25) is 28.0 Å². The Morgan fingerprint density at radius 3 is 2.16 bits per heavy atom. The Morgan fingerprint density at radius 2 is 1.55 bits per heavy atom. The van der Waals surface area contributed by atoms with Gasteiger partial charge >= 0.3 is 33.3 Å². The van der Waals surface area contributed by atoms with Crippen LogP contribution in [0.2, 0.25) is 0 Å². The van der Waals surface area contributed by atoms with Gasteiger partial charge in [0, 0.05) is 17.6 Å². The number of para-hydroxylation sites is 1. The van der Waals surface area contributed by atoms with Crippen molar-refractivity contribution in [1.29, 1.82) is 0 Å². The number of carbonyl (C=O) groups excluding carboxylic acids is 2. The summed E-state index contributed by atoms with van der Waals surface area (Å²) in [5.74, 6) is -2.81. The molecule has 0 saturated carbocycles. The highest BCUT2D eigenvalue weighted by atomic mass is 31.3. The predicted octanol–water partition coefficient (Wildman–Crippen LogP) is 1.41. The van der Waals surface area contributed by atoms with Crippen LogP contribution in [0.4, 0.5) is 0 Å². The molecule has 3 aromatic rings. The second-order valence-electron chi connectivity index (χ2n) is 11.1. The Balaban J connectivity index is 1.44. The molecule has 1 aromatic carbocycles. The number of carbonyl (C=O) groups is 2. The van der Waals surface area contributed by atoms with E-state index in [2.05, 4.69) is 9.47 Å². The number of aliphatic hydroxyl groups excluding tert-OH is 2. The van der Waals surface area contributed by atoms with E-state index in [0.29, 0.717) is 11.0 Å². The van der Waals surface area contributed by atoms with Crippen LogP contribution in [-0.4, -0.2) is 79.8 Å². The summed E-state index contributed by atoms with van der Waals surface area (Å²) in [6.45, 7) is 2.54. The molecule has 3 N–H and O–H groups in total. The summed E-state index contributed by atoms with van der Waals surface area (Å²) in [4.78, 5) is 59.7. The van der Waals surface area contributed by atoms with E-state index in [9.17, 15) is 43.4 Å². The summed E-state index contributed by atoms with van der Waals surface area (Å²) in [7, 11) is -10.6. The third kappa shape index (κ3) is 9.58. The van der Waals surface area contributed by atoms with Crippen LogP contribution < -0.4 is 11.2 Å². The van der Waals surface area contributed by atoms with E-state index in [-0.39, 0.29) is 12.2 Å². The van der Waals surface area contributed by atoms with Crippen molar-refractivity contribution in [2.75, 3.05) is 20.2 Å². The van der Waals surface area contributed by atoms with Gasteiger partial charge in [0.15, 0.2) is 11.8 Å². The minimum Gasteiger partial charge on any atom is -0.438 e. The lowest BCUT2D eigenvalue weighted by atomic mass is 10.1. The fourth-order valence-electron chi connectivity index (χ4n) is 4.20. The SMILES string of the molecule is CC(C)C(=O)OCOP(=O)(OCOC(=O)C(C)C)OP(=O)(O)OC[C@H]1O[C@@H](n2ccc(=O)n(Cc3noc4ccccc34)c2=O)C(O)[C@H]1O. The third-order valence-corrected chi connectivity index (χ3v) is 9.78. The molecule has 1 fully saturated rings. The van der Waals surface area contributed by atoms with Gasteiger partial charge in [-0.1, -0.05) is 45.0 Å². The first kappa shape index (κ1) is 38.3. The maximum atomic E-state index is 13.3. The van der Waals surface area contributed by atoms with Crippen molar-refractivity contribution in [2.45, 2.75) is 58.8 Å². The Bertz CT molecular complexity index is 1820. The van der Waals surface area contributed by atoms with Crippen molar-refractivity contribution in [3.05, 3.63) is 63.1 Å². The number of hydrogen-bond acceptors (Lipinski definition) is 17. The van der Waals surface area contributed by atoms with Crippen molar-refractivity contribution in [1.82, 2.24) is 14.3 Å². The first-order chi connectivity index (χ1) is 23.0. The highest BCUT2D eigenvalue weighted by molar-refractivity contribution is 7.61. The number of ether oxygens (including phenoxy) is 3. The summed E-state index contributed by atoms with van der Waals surface area (Å²) in [6.07, 6.45) is -5.80. The zero-order valence-corrected chi connectivity index (χ0v) is 28.3. The molecule has 1 aliphatic rings. The normalized spacial score (nSPS) is 20.9. The summed E-state index contributed by atoms with van der Waals surface area (Å²) in [6, 6.07) is 7.77. The number of esters is 2. The van der Waals surface area contributed by atoms with Gasteiger partial charge in [0.2, 0.25) is 13.6 Å². The summed E-state index contributed by atoms with van der Waals surface area (Å²) < 4.78 is 66.7. The molecule has 0 radical (unpaired) electrons. The number of phosphoric acid groups is 2.